The van der Waals surface area contributed by atoms with Crippen LogP contribution in [0.5, 0.6) is 0 Å². The third kappa shape index (κ3) is 5.67. The number of halogens is 1. The van der Waals surface area contributed by atoms with Crippen molar-refractivity contribution in [1.82, 2.24) is 25.1 Å². The first-order valence-corrected chi connectivity index (χ1v) is 12.2. The van der Waals surface area contributed by atoms with Gasteiger partial charge >= 0.3 is 6.03 Å². The number of carbonyl (C=O) groups is 3. The lowest BCUT2D eigenvalue weighted by atomic mass is 10.1. The highest BCUT2D eigenvalue weighted by Crippen LogP contribution is 2.18. The Hall–Kier alpha value is -4.12. The topological polar surface area (TPSA) is 117 Å². The van der Waals surface area contributed by atoms with Gasteiger partial charge in [-0.2, -0.15) is 0 Å². The zero-order chi connectivity index (χ0) is 25.8. The Morgan fingerprint density at radius 1 is 1.05 bits per heavy atom. The molecule has 11 heteroatoms. The number of carbonyl (C=O) groups excluding carboxylic acids is 3. The number of nitrogens with zero attached hydrogens (tertiary/aromatic N) is 4. The standard InChI is InChI=1S/C26H27FN6O4/c27-17-7-9-18(10-8-17)30-26(36)32-11-12-33(23(16-32)24(34)29-14-19-4-3-13-37-19)25(35)22-15-28-20-5-1-2-6-21(20)31-22/h1-2,5-10,15,19,23H,3-4,11-14,16H2,(H,29,34)(H,30,36). The minimum Gasteiger partial charge on any atom is -0.376 e. The molecule has 4 amide bonds. The monoisotopic (exact) mass is 506 g/mol. The van der Waals surface area contributed by atoms with E-state index in [-0.39, 0.29) is 37.3 Å². The summed E-state index contributed by atoms with van der Waals surface area (Å²) in [5.74, 6) is -1.23. The molecule has 0 radical (unpaired) electrons. The second-order valence-electron chi connectivity index (χ2n) is 9.02. The maximum absolute atomic E-state index is 13.5. The van der Waals surface area contributed by atoms with Crippen LogP contribution in [0.1, 0.15) is 23.3 Å². The Bertz CT molecular complexity index is 1300. The molecule has 2 unspecified atom stereocenters. The maximum Gasteiger partial charge on any atom is 0.321 e. The summed E-state index contributed by atoms with van der Waals surface area (Å²) in [6.45, 7) is 1.30. The van der Waals surface area contributed by atoms with Gasteiger partial charge in [0.25, 0.3) is 5.91 Å². The summed E-state index contributed by atoms with van der Waals surface area (Å²) in [6, 6.07) is 11.2. The minimum atomic E-state index is -0.935. The number of rotatable bonds is 5. The molecule has 0 saturated carbocycles. The number of ether oxygens (including phenoxy) is 1. The van der Waals surface area contributed by atoms with Crippen LogP contribution in [0.25, 0.3) is 11.0 Å². The van der Waals surface area contributed by atoms with E-state index in [2.05, 4.69) is 20.6 Å². The number of nitrogens with one attached hydrogen (secondary N) is 2. The second-order valence-corrected chi connectivity index (χ2v) is 9.02. The zero-order valence-corrected chi connectivity index (χ0v) is 20.1. The summed E-state index contributed by atoms with van der Waals surface area (Å²) >= 11 is 0. The minimum absolute atomic E-state index is 0.0167. The highest BCUT2D eigenvalue weighted by Gasteiger charge is 2.38. The lowest BCUT2D eigenvalue weighted by Crippen LogP contribution is -2.62. The quantitative estimate of drug-likeness (QED) is 0.549. The Morgan fingerprint density at radius 3 is 2.59 bits per heavy atom. The number of piperazine rings is 1. The number of benzene rings is 2. The first-order chi connectivity index (χ1) is 18.0. The Labute approximate surface area is 212 Å². The van der Waals surface area contributed by atoms with E-state index in [0.717, 1.165) is 12.8 Å². The van der Waals surface area contributed by atoms with Crippen LogP contribution >= 0.6 is 0 Å². The van der Waals surface area contributed by atoms with Crippen molar-refractivity contribution in [3.8, 4) is 0 Å². The summed E-state index contributed by atoms with van der Waals surface area (Å²) in [6.07, 6.45) is 3.12. The SMILES string of the molecule is O=C(NCC1CCCO1)C1CN(C(=O)Nc2ccc(F)cc2)CCN1C(=O)c1cnc2ccccc2n1. The highest BCUT2D eigenvalue weighted by atomic mass is 19.1. The number of anilines is 1. The summed E-state index contributed by atoms with van der Waals surface area (Å²) in [4.78, 5) is 51.4. The van der Waals surface area contributed by atoms with Crippen molar-refractivity contribution in [1.29, 1.82) is 0 Å². The van der Waals surface area contributed by atoms with Crippen molar-refractivity contribution >= 4 is 34.6 Å². The van der Waals surface area contributed by atoms with Crippen molar-refractivity contribution in [2.45, 2.75) is 25.0 Å². The van der Waals surface area contributed by atoms with Crippen LogP contribution in [0.3, 0.4) is 0 Å². The normalized spacial score (nSPS) is 19.6. The van der Waals surface area contributed by atoms with Gasteiger partial charge in [-0.05, 0) is 49.2 Å². The van der Waals surface area contributed by atoms with Crippen LogP contribution in [0.2, 0.25) is 0 Å². The van der Waals surface area contributed by atoms with E-state index >= 15 is 0 Å². The molecule has 2 aromatic carbocycles. The fourth-order valence-corrected chi connectivity index (χ4v) is 4.52. The largest absolute Gasteiger partial charge is 0.376 e. The van der Waals surface area contributed by atoms with E-state index < -0.39 is 23.8 Å². The molecule has 3 heterocycles. The maximum atomic E-state index is 13.5. The van der Waals surface area contributed by atoms with Crippen LogP contribution in [-0.2, 0) is 9.53 Å². The molecule has 192 valence electrons. The van der Waals surface area contributed by atoms with Gasteiger partial charge in [0.15, 0.2) is 0 Å². The smallest absolute Gasteiger partial charge is 0.321 e. The molecular formula is C26H27FN6O4. The van der Waals surface area contributed by atoms with Gasteiger partial charge in [-0.3, -0.25) is 14.6 Å². The van der Waals surface area contributed by atoms with Crippen molar-refractivity contribution in [3.05, 3.63) is 66.2 Å². The second kappa shape index (κ2) is 10.9. The first-order valence-electron chi connectivity index (χ1n) is 12.2. The number of hydrogen-bond donors (Lipinski definition) is 2. The van der Waals surface area contributed by atoms with Gasteiger partial charge in [-0.25, -0.2) is 14.2 Å². The lowest BCUT2D eigenvalue weighted by Gasteiger charge is -2.40. The molecule has 0 spiro atoms. The van der Waals surface area contributed by atoms with Crippen molar-refractivity contribution < 1.29 is 23.5 Å². The average Bonchev–Trinajstić information content (AvgIpc) is 3.46. The molecule has 37 heavy (non-hydrogen) atoms. The Morgan fingerprint density at radius 2 is 1.84 bits per heavy atom. The van der Waals surface area contributed by atoms with Gasteiger partial charge < -0.3 is 25.2 Å². The third-order valence-corrected chi connectivity index (χ3v) is 6.52. The van der Waals surface area contributed by atoms with E-state index in [1.54, 1.807) is 12.1 Å². The summed E-state index contributed by atoms with van der Waals surface area (Å²) < 4.78 is 18.8. The van der Waals surface area contributed by atoms with Crippen molar-refractivity contribution in [3.63, 3.8) is 0 Å². The predicted octanol–water partition coefficient (Wildman–Crippen LogP) is 2.42. The van der Waals surface area contributed by atoms with E-state index in [4.69, 9.17) is 4.74 Å². The van der Waals surface area contributed by atoms with Crippen LogP contribution in [0, 0.1) is 5.82 Å². The van der Waals surface area contributed by atoms with Crippen molar-refractivity contribution in [2.75, 3.05) is 38.1 Å². The fraction of sp³-hybridized carbons (Fsp3) is 0.346. The molecule has 2 N–H and O–H groups in total. The molecule has 1 aromatic heterocycles. The number of urea groups is 1. The van der Waals surface area contributed by atoms with E-state index in [1.165, 1.54) is 40.3 Å². The molecule has 5 rings (SSSR count). The van der Waals surface area contributed by atoms with Crippen molar-refractivity contribution in [2.24, 2.45) is 0 Å². The highest BCUT2D eigenvalue weighted by molar-refractivity contribution is 5.98. The number of hydrogen-bond acceptors (Lipinski definition) is 6. The van der Waals surface area contributed by atoms with Gasteiger partial charge in [-0.1, -0.05) is 12.1 Å². The van der Waals surface area contributed by atoms with Crippen LogP contribution < -0.4 is 10.6 Å². The number of fused-ring (bicyclic) bond motifs is 1. The van der Waals surface area contributed by atoms with E-state index in [1.807, 2.05) is 12.1 Å². The summed E-state index contributed by atoms with van der Waals surface area (Å²) in [5, 5.41) is 5.60. The third-order valence-electron chi connectivity index (χ3n) is 6.52. The van der Waals surface area contributed by atoms with Gasteiger partial charge in [-0.15, -0.1) is 0 Å². The molecule has 2 fully saturated rings. The predicted molar refractivity (Wildman–Crippen MR) is 133 cm³/mol. The van der Waals surface area contributed by atoms with Gasteiger partial charge in [0.05, 0.1) is 29.9 Å². The van der Waals surface area contributed by atoms with E-state index in [0.29, 0.717) is 29.9 Å². The zero-order valence-electron chi connectivity index (χ0n) is 20.1. The Balaban J connectivity index is 1.33. The lowest BCUT2D eigenvalue weighted by molar-refractivity contribution is -0.127. The van der Waals surface area contributed by atoms with Gasteiger partial charge in [0.2, 0.25) is 5.91 Å². The number of aromatic nitrogens is 2. The number of para-hydroxylation sites is 2. The average molecular weight is 507 g/mol. The molecule has 2 saturated heterocycles. The van der Waals surface area contributed by atoms with Crippen LogP contribution in [0.4, 0.5) is 14.9 Å². The molecule has 2 aliphatic rings. The molecule has 0 bridgehead atoms. The molecule has 3 aromatic rings. The number of amides is 4. The molecule has 0 aliphatic carbocycles. The molecule has 2 atom stereocenters. The fourth-order valence-electron chi connectivity index (χ4n) is 4.52. The van der Waals surface area contributed by atoms with E-state index in [9.17, 15) is 18.8 Å². The Kier molecular flexibility index (Phi) is 7.22. The van der Waals surface area contributed by atoms with Crippen LogP contribution in [-0.4, -0.2) is 82.5 Å². The van der Waals surface area contributed by atoms with Gasteiger partial charge in [0, 0.05) is 31.9 Å². The molecular weight excluding hydrogens is 479 g/mol. The first kappa shape index (κ1) is 24.6. The van der Waals surface area contributed by atoms with Gasteiger partial charge in [0.1, 0.15) is 17.6 Å². The van der Waals surface area contributed by atoms with Crippen LogP contribution in [0.15, 0.2) is 54.7 Å². The summed E-state index contributed by atoms with van der Waals surface area (Å²) in [5.41, 5.74) is 1.79. The summed E-state index contributed by atoms with van der Waals surface area (Å²) in [7, 11) is 0. The molecule has 10 nitrogen and oxygen atoms in total. The molecule has 2 aliphatic heterocycles.